The Bertz CT molecular complexity index is 638. The van der Waals surface area contributed by atoms with Gasteiger partial charge >= 0.3 is 6.36 Å². The second-order valence-electron chi connectivity index (χ2n) is 5.04. The van der Waals surface area contributed by atoms with E-state index in [1.165, 1.54) is 24.3 Å². The summed E-state index contributed by atoms with van der Waals surface area (Å²) in [6, 6.07) is 5.37. The summed E-state index contributed by atoms with van der Waals surface area (Å²) in [5, 5.41) is 0. The highest BCUT2D eigenvalue weighted by Gasteiger charge is 2.30. The topological polar surface area (TPSA) is 89.2 Å². The lowest BCUT2D eigenvalue weighted by molar-refractivity contribution is -0.274. The first kappa shape index (κ1) is 17.6. The van der Waals surface area contributed by atoms with Crippen LogP contribution in [0.1, 0.15) is 12.0 Å². The Morgan fingerprint density at radius 2 is 1.88 bits per heavy atom. The van der Waals surface area contributed by atoms with Crippen LogP contribution in [0.15, 0.2) is 46.4 Å². The van der Waals surface area contributed by atoms with Gasteiger partial charge in [-0.05, 0) is 24.1 Å². The standard InChI is InChI=1S/C15H18F3N5O/c16-15(17,18)24-12-6-4-11(5-7-12)10-21-13(19)22-14(20)23-8-2-1-3-9-23/h1-2,4-7H,3,8-10H2,(H4,19,20,21,22). The van der Waals surface area contributed by atoms with Gasteiger partial charge in [-0.15, -0.1) is 13.2 Å². The lowest BCUT2D eigenvalue weighted by Crippen LogP contribution is -2.40. The second kappa shape index (κ2) is 7.71. The smallest absolute Gasteiger partial charge is 0.406 e. The molecule has 1 heterocycles. The Morgan fingerprint density at radius 3 is 2.46 bits per heavy atom. The zero-order valence-electron chi connectivity index (χ0n) is 12.8. The van der Waals surface area contributed by atoms with E-state index in [0.717, 1.165) is 13.0 Å². The van der Waals surface area contributed by atoms with E-state index in [4.69, 9.17) is 11.5 Å². The molecule has 0 aliphatic carbocycles. The Kier molecular flexibility index (Phi) is 5.67. The molecule has 1 aromatic rings. The van der Waals surface area contributed by atoms with E-state index in [9.17, 15) is 13.2 Å². The van der Waals surface area contributed by atoms with Gasteiger partial charge in [0.2, 0.25) is 5.96 Å². The average Bonchev–Trinajstić information content (AvgIpc) is 2.53. The van der Waals surface area contributed by atoms with E-state index in [1.807, 2.05) is 11.0 Å². The molecular weight excluding hydrogens is 323 g/mol. The molecular formula is C15H18F3N5O. The van der Waals surface area contributed by atoms with Crippen LogP contribution < -0.4 is 16.2 Å². The van der Waals surface area contributed by atoms with Crippen molar-refractivity contribution in [2.75, 3.05) is 13.1 Å². The Morgan fingerprint density at radius 1 is 1.17 bits per heavy atom. The molecule has 1 aliphatic heterocycles. The number of benzene rings is 1. The third kappa shape index (κ3) is 5.82. The van der Waals surface area contributed by atoms with Gasteiger partial charge in [0.1, 0.15) is 5.75 Å². The van der Waals surface area contributed by atoms with Crippen molar-refractivity contribution in [2.45, 2.75) is 19.3 Å². The molecule has 1 aliphatic rings. The summed E-state index contributed by atoms with van der Waals surface area (Å²) in [6.07, 6.45) is 0.233. The van der Waals surface area contributed by atoms with Crippen LogP contribution in [-0.4, -0.2) is 36.3 Å². The number of alkyl halides is 3. The van der Waals surface area contributed by atoms with E-state index in [1.54, 1.807) is 0 Å². The number of aliphatic imine (C=N–C) groups is 2. The molecule has 24 heavy (non-hydrogen) atoms. The van der Waals surface area contributed by atoms with Crippen molar-refractivity contribution in [3.8, 4) is 5.75 Å². The van der Waals surface area contributed by atoms with Crippen molar-refractivity contribution in [3.63, 3.8) is 0 Å². The maximum absolute atomic E-state index is 12.1. The molecule has 130 valence electrons. The van der Waals surface area contributed by atoms with Gasteiger partial charge in [-0.1, -0.05) is 24.3 Å². The number of rotatable bonds is 3. The molecule has 0 atom stereocenters. The third-order valence-electron chi connectivity index (χ3n) is 3.19. The molecule has 0 amide bonds. The van der Waals surface area contributed by atoms with Crippen LogP contribution in [0.4, 0.5) is 13.2 Å². The predicted molar refractivity (Wildman–Crippen MR) is 85.4 cm³/mol. The monoisotopic (exact) mass is 341 g/mol. The highest BCUT2D eigenvalue weighted by molar-refractivity contribution is 5.93. The molecule has 0 saturated carbocycles. The van der Waals surface area contributed by atoms with Crippen molar-refractivity contribution in [3.05, 3.63) is 42.0 Å². The summed E-state index contributed by atoms with van der Waals surface area (Å²) in [6.45, 7) is 1.61. The molecule has 0 aromatic heterocycles. The molecule has 0 spiro atoms. The molecule has 4 N–H and O–H groups in total. The Balaban J connectivity index is 1.93. The minimum absolute atomic E-state index is 0.0117. The quantitative estimate of drug-likeness (QED) is 0.500. The number of guanidine groups is 2. The maximum Gasteiger partial charge on any atom is 0.573 e. The minimum Gasteiger partial charge on any atom is -0.406 e. The number of halogens is 3. The molecule has 0 radical (unpaired) electrons. The van der Waals surface area contributed by atoms with Gasteiger partial charge in [0, 0.05) is 13.1 Å². The predicted octanol–water partition coefficient (Wildman–Crippen LogP) is 1.98. The number of hydrogen-bond acceptors (Lipinski definition) is 2. The molecule has 1 aromatic carbocycles. The summed E-state index contributed by atoms with van der Waals surface area (Å²) in [5.74, 6) is 0.0100. The fraction of sp³-hybridized carbons (Fsp3) is 0.333. The minimum atomic E-state index is -4.71. The van der Waals surface area contributed by atoms with Gasteiger partial charge in [0.25, 0.3) is 0 Å². The van der Waals surface area contributed by atoms with Gasteiger partial charge in [0.15, 0.2) is 5.96 Å². The van der Waals surface area contributed by atoms with Crippen LogP contribution in [0.3, 0.4) is 0 Å². The van der Waals surface area contributed by atoms with E-state index in [-0.39, 0.29) is 24.2 Å². The van der Waals surface area contributed by atoms with Crippen molar-refractivity contribution in [2.24, 2.45) is 21.5 Å². The maximum atomic E-state index is 12.1. The third-order valence-corrected chi connectivity index (χ3v) is 3.19. The Hall–Kier alpha value is -2.71. The fourth-order valence-corrected chi connectivity index (χ4v) is 2.04. The molecule has 9 heteroatoms. The Labute approximate surface area is 137 Å². The van der Waals surface area contributed by atoms with Crippen LogP contribution in [0.2, 0.25) is 0 Å². The summed E-state index contributed by atoms with van der Waals surface area (Å²) in [5.41, 5.74) is 12.2. The zero-order chi connectivity index (χ0) is 17.6. The first-order valence-electron chi connectivity index (χ1n) is 7.22. The van der Waals surface area contributed by atoms with Crippen LogP contribution in [-0.2, 0) is 6.54 Å². The van der Waals surface area contributed by atoms with Crippen molar-refractivity contribution in [1.29, 1.82) is 0 Å². The number of nitrogens with zero attached hydrogens (tertiary/aromatic N) is 3. The zero-order valence-corrected chi connectivity index (χ0v) is 12.8. The summed E-state index contributed by atoms with van der Waals surface area (Å²) in [7, 11) is 0. The molecule has 2 rings (SSSR count). The molecule has 0 unspecified atom stereocenters. The lowest BCUT2D eigenvalue weighted by atomic mass is 10.2. The van der Waals surface area contributed by atoms with E-state index >= 15 is 0 Å². The van der Waals surface area contributed by atoms with Gasteiger partial charge in [-0.3, -0.25) is 0 Å². The van der Waals surface area contributed by atoms with Gasteiger partial charge < -0.3 is 21.1 Å². The van der Waals surface area contributed by atoms with Crippen molar-refractivity contribution < 1.29 is 17.9 Å². The van der Waals surface area contributed by atoms with E-state index in [0.29, 0.717) is 12.1 Å². The highest BCUT2D eigenvalue weighted by atomic mass is 19.4. The van der Waals surface area contributed by atoms with Crippen molar-refractivity contribution >= 4 is 11.9 Å². The normalized spacial score (nSPS) is 16.4. The number of nitrogens with two attached hydrogens (primary N) is 2. The van der Waals surface area contributed by atoms with Gasteiger partial charge in [-0.2, -0.15) is 4.99 Å². The molecule has 0 bridgehead atoms. The SMILES string of the molecule is NC(=NCc1ccc(OC(F)(F)F)cc1)N=C(N)N1CC=CCC1. The summed E-state index contributed by atoms with van der Waals surface area (Å²) in [4.78, 5) is 9.94. The molecule has 6 nitrogen and oxygen atoms in total. The van der Waals surface area contributed by atoms with Gasteiger partial charge in [0.05, 0.1) is 6.54 Å². The van der Waals surface area contributed by atoms with Crippen LogP contribution in [0.25, 0.3) is 0 Å². The molecule has 0 fully saturated rings. The van der Waals surface area contributed by atoms with E-state index in [2.05, 4.69) is 20.8 Å². The number of hydrogen-bond donors (Lipinski definition) is 2. The first-order chi connectivity index (χ1) is 11.3. The highest BCUT2D eigenvalue weighted by Crippen LogP contribution is 2.22. The fourth-order valence-electron chi connectivity index (χ4n) is 2.04. The lowest BCUT2D eigenvalue weighted by Gasteiger charge is -2.23. The largest absolute Gasteiger partial charge is 0.573 e. The summed E-state index contributed by atoms with van der Waals surface area (Å²) >= 11 is 0. The molecule has 0 saturated heterocycles. The van der Waals surface area contributed by atoms with Gasteiger partial charge in [-0.25, -0.2) is 4.99 Å². The summed E-state index contributed by atoms with van der Waals surface area (Å²) < 4.78 is 40.0. The average molecular weight is 341 g/mol. The van der Waals surface area contributed by atoms with Crippen LogP contribution in [0.5, 0.6) is 5.75 Å². The van der Waals surface area contributed by atoms with E-state index < -0.39 is 6.36 Å². The second-order valence-corrected chi connectivity index (χ2v) is 5.04. The van der Waals surface area contributed by atoms with Crippen LogP contribution >= 0.6 is 0 Å². The van der Waals surface area contributed by atoms with Crippen LogP contribution in [0, 0.1) is 0 Å². The first-order valence-corrected chi connectivity index (χ1v) is 7.22. The number of ether oxygens (including phenoxy) is 1. The van der Waals surface area contributed by atoms with Crippen molar-refractivity contribution in [1.82, 2.24) is 4.90 Å².